The molecule has 3 aromatic rings. The SMILES string of the molecule is CC12CC(c3ccccc3O1)c1c(c3ccccc3oc1=O)O2. The Labute approximate surface area is 132 Å². The first kappa shape index (κ1) is 12.8. The number of hydrogen-bond acceptors (Lipinski definition) is 4. The van der Waals surface area contributed by atoms with Gasteiger partial charge in [0.25, 0.3) is 0 Å². The Morgan fingerprint density at radius 1 is 1.04 bits per heavy atom. The predicted octanol–water partition coefficient (Wildman–Crippen LogP) is 3.82. The van der Waals surface area contributed by atoms with Gasteiger partial charge in [0.1, 0.15) is 17.1 Å². The van der Waals surface area contributed by atoms with Crippen molar-refractivity contribution in [3.05, 3.63) is 70.1 Å². The second-order valence-corrected chi connectivity index (χ2v) is 6.26. The molecule has 114 valence electrons. The Kier molecular flexibility index (Phi) is 2.31. The summed E-state index contributed by atoms with van der Waals surface area (Å²) in [5, 5.41) is 0.806. The largest absolute Gasteiger partial charge is 0.452 e. The van der Waals surface area contributed by atoms with E-state index in [-0.39, 0.29) is 11.5 Å². The summed E-state index contributed by atoms with van der Waals surface area (Å²) in [6.07, 6.45) is 0.597. The van der Waals surface area contributed by atoms with Crippen LogP contribution in [0.3, 0.4) is 0 Å². The summed E-state index contributed by atoms with van der Waals surface area (Å²) in [5.41, 5.74) is 1.81. The number of benzene rings is 2. The smallest absolute Gasteiger partial charge is 0.343 e. The van der Waals surface area contributed by atoms with Crippen molar-refractivity contribution in [2.75, 3.05) is 0 Å². The second kappa shape index (κ2) is 4.16. The number of para-hydroxylation sites is 2. The fourth-order valence-corrected chi connectivity index (χ4v) is 3.70. The minimum atomic E-state index is -0.775. The molecule has 23 heavy (non-hydrogen) atoms. The van der Waals surface area contributed by atoms with Crippen LogP contribution in [0.5, 0.6) is 11.5 Å². The van der Waals surface area contributed by atoms with Gasteiger partial charge in [-0.3, -0.25) is 0 Å². The number of ether oxygens (including phenoxy) is 2. The third-order valence-electron chi connectivity index (χ3n) is 4.66. The minimum absolute atomic E-state index is 0.0745. The average molecular weight is 306 g/mol. The number of rotatable bonds is 0. The minimum Gasteiger partial charge on any atom is -0.452 e. The van der Waals surface area contributed by atoms with Crippen LogP contribution in [0.4, 0.5) is 0 Å². The van der Waals surface area contributed by atoms with Crippen molar-refractivity contribution in [3.8, 4) is 11.5 Å². The van der Waals surface area contributed by atoms with Gasteiger partial charge < -0.3 is 13.9 Å². The molecule has 2 unspecified atom stereocenters. The summed E-state index contributed by atoms with van der Waals surface area (Å²) in [4.78, 5) is 12.6. The summed E-state index contributed by atoms with van der Waals surface area (Å²) in [6, 6.07) is 15.2. The Morgan fingerprint density at radius 3 is 2.74 bits per heavy atom. The van der Waals surface area contributed by atoms with E-state index in [1.54, 1.807) is 6.07 Å². The topological polar surface area (TPSA) is 48.7 Å². The van der Waals surface area contributed by atoms with E-state index < -0.39 is 5.79 Å². The highest BCUT2D eigenvalue weighted by Crippen LogP contribution is 2.51. The normalized spacial score (nSPS) is 24.3. The van der Waals surface area contributed by atoms with E-state index in [0.29, 0.717) is 23.3 Å². The molecule has 4 nitrogen and oxygen atoms in total. The van der Waals surface area contributed by atoms with Crippen molar-refractivity contribution in [3.63, 3.8) is 0 Å². The van der Waals surface area contributed by atoms with Crippen LogP contribution in [0.1, 0.15) is 30.4 Å². The Bertz CT molecular complexity index is 1000. The highest BCUT2D eigenvalue weighted by atomic mass is 16.7. The first-order valence-electron chi connectivity index (χ1n) is 7.67. The fourth-order valence-electron chi connectivity index (χ4n) is 3.70. The summed E-state index contributed by atoms with van der Waals surface area (Å²) in [7, 11) is 0. The first-order valence-corrected chi connectivity index (χ1v) is 7.67. The average Bonchev–Trinajstić information content (AvgIpc) is 2.54. The van der Waals surface area contributed by atoms with Crippen molar-refractivity contribution < 1.29 is 13.9 Å². The molecule has 0 saturated heterocycles. The zero-order chi connectivity index (χ0) is 15.6. The summed E-state index contributed by atoms with van der Waals surface area (Å²) in [5.74, 6) is 0.506. The zero-order valence-electron chi connectivity index (χ0n) is 12.5. The molecule has 4 heteroatoms. The van der Waals surface area contributed by atoms with Gasteiger partial charge >= 0.3 is 5.63 Å². The molecule has 0 aliphatic carbocycles. The molecule has 2 aliphatic rings. The van der Waals surface area contributed by atoms with Crippen LogP contribution in [0.2, 0.25) is 0 Å². The molecule has 0 radical (unpaired) electrons. The van der Waals surface area contributed by atoms with E-state index >= 15 is 0 Å². The Hall–Kier alpha value is -2.75. The van der Waals surface area contributed by atoms with Crippen LogP contribution in [0, 0.1) is 0 Å². The molecule has 1 aromatic heterocycles. The Morgan fingerprint density at radius 2 is 1.83 bits per heavy atom. The molecule has 2 bridgehead atoms. The summed E-state index contributed by atoms with van der Waals surface area (Å²) < 4.78 is 17.8. The lowest BCUT2D eigenvalue weighted by molar-refractivity contribution is -0.124. The molecule has 5 rings (SSSR count). The van der Waals surface area contributed by atoms with Crippen LogP contribution in [0.15, 0.2) is 57.7 Å². The third-order valence-corrected chi connectivity index (χ3v) is 4.66. The second-order valence-electron chi connectivity index (χ2n) is 6.26. The van der Waals surface area contributed by atoms with Crippen molar-refractivity contribution in [1.29, 1.82) is 0 Å². The van der Waals surface area contributed by atoms with Gasteiger partial charge in [-0.05, 0) is 18.2 Å². The molecular weight excluding hydrogens is 292 g/mol. The van der Waals surface area contributed by atoms with Crippen LogP contribution in [-0.2, 0) is 0 Å². The maximum absolute atomic E-state index is 12.6. The highest BCUT2D eigenvalue weighted by Gasteiger charge is 2.47. The molecule has 0 N–H and O–H groups in total. The van der Waals surface area contributed by atoms with Crippen LogP contribution < -0.4 is 15.1 Å². The van der Waals surface area contributed by atoms with Crippen LogP contribution >= 0.6 is 0 Å². The first-order chi connectivity index (χ1) is 11.1. The van der Waals surface area contributed by atoms with Crippen molar-refractivity contribution >= 4 is 11.0 Å². The van der Waals surface area contributed by atoms with E-state index in [0.717, 1.165) is 16.7 Å². The van der Waals surface area contributed by atoms with Crippen molar-refractivity contribution in [1.82, 2.24) is 0 Å². The summed E-state index contributed by atoms with van der Waals surface area (Å²) in [6.45, 7) is 1.92. The van der Waals surface area contributed by atoms with Gasteiger partial charge in [-0.25, -0.2) is 4.79 Å². The van der Waals surface area contributed by atoms with Gasteiger partial charge in [0.05, 0.1) is 10.9 Å². The van der Waals surface area contributed by atoms with Crippen LogP contribution in [0.25, 0.3) is 11.0 Å². The number of fused-ring (bicyclic) bond motifs is 8. The van der Waals surface area contributed by atoms with E-state index in [4.69, 9.17) is 13.9 Å². The quantitative estimate of drug-likeness (QED) is 0.592. The van der Waals surface area contributed by atoms with E-state index in [1.807, 2.05) is 49.4 Å². The van der Waals surface area contributed by atoms with Gasteiger partial charge in [0.2, 0.25) is 5.79 Å². The molecule has 0 amide bonds. The van der Waals surface area contributed by atoms with Gasteiger partial charge in [-0.15, -0.1) is 0 Å². The molecular formula is C19H14O4. The van der Waals surface area contributed by atoms with Gasteiger partial charge in [-0.1, -0.05) is 30.3 Å². The molecule has 2 aromatic carbocycles. The lowest BCUT2D eigenvalue weighted by atomic mass is 9.81. The lowest BCUT2D eigenvalue weighted by Crippen LogP contribution is -2.48. The lowest BCUT2D eigenvalue weighted by Gasteiger charge is -2.43. The van der Waals surface area contributed by atoms with Gasteiger partial charge in [-0.2, -0.15) is 0 Å². The third kappa shape index (κ3) is 1.69. The monoisotopic (exact) mass is 306 g/mol. The van der Waals surface area contributed by atoms with Crippen molar-refractivity contribution in [2.45, 2.75) is 25.0 Å². The van der Waals surface area contributed by atoms with E-state index in [9.17, 15) is 4.79 Å². The Balaban J connectivity index is 1.88. The molecule has 2 atom stereocenters. The number of hydrogen-bond donors (Lipinski definition) is 0. The molecule has 2 aliphatic heterocycles. The zero-order valence-corrected chi connectivity index (χ0v) is 12.5. The molecule has 0 saturated carbocycles. The maximum Gasteiger partial charge on any atom is 0.343 e. The van der Waals surface area contributed by atoms with E-state index in [1.165, 1.54) is 0 Å². The molecule has 3 heterocycles. The van der Waals surface area contributed by atoms with E-state index in [2.05, 4.69) is 0 Å². The maximum atomic E-state index is 12.6. The van der Waals surface area contributed by atoms with Crippen molar-refractivity contribution in [2.24, 2.45) is 0 Å². The van der Waals surface area contributed by atoms with Gasteiger partial charge in [0.15, 0.2) is 0 Å². The fraction of sp³-hybridized carbons (Fsp3) is 0.211. The highest BCUT2D eigenvalue weighted by molar-refractivity contribution is 5.85. The standard InChI is InChI=1S/C19H14O4/c1-19-10-13(11-6-2-5-9-15(11)22-19)16-17(23-19)12-7-3-4-8-14(12)21-18(16)20/h2-9,13H,10H2,1H3. The molecule has 0 spiro atoms. The summed E-state index contributed by atoms with van der Waals surface area (Å²) >= 11 is 0. The van der Waals surface area contributed by atoms with Crippen LogP contribution in [-0.4, -0.2) is 5.79 Å². The predicted molar refractivity (Wildman–Crippen MR) is 85.0 cm³/mol. The van der Waals surface area contributed by atoms with Gasteiger partial charge in [0, 0.05) is 24.8 Å². The molecule has 0 fully saturated rings.